The topological polar surface area (TPSA) is 22.8 Å². The minimum Gasteiger partial charge on any atom is -0.305 e. The molecule has 0 amide bonds. The summed E-state index contributed by atoms with van der Waals surface area (Å²) in [5.41, 5.74) is 6.86. The Balaban J connectivity index is 1.95. The molecule has 2 aromatic heterocycles. The summed E-state index contributed by atoms with van der Waals surface area (Å²) in [5, 5.41) is 7.38. The summed E-state index contributed by atoms with van der Waals surface area (Å²) in [6.45, 7) is 2.14. The molecule has 5 aromatic rings. The molecule has 0 saturated carbocycles. The number of fused-ring (bicyclic) bond motifs is 3. The molecule has 0 aliphatic heterocycles. The van der Waals surface area contributed by atoms with Gasteiger partial charge in [0.15, 0.2) is 0 Å². The van der Waals surface area contributed by atoms with Gasteiger partial charge in [0.1, 0.15) is 5.69 Å². The van der Waals surface area contributed by atoms with Gasteiger partial charge in [0.25, 0.3) is 0 Å². The first kappa shape index (κ1) is 15.0. The summed E-state index contributed by atoms with van der Waals surface area (Å²) in [7, 11) is 2.01. The van der Waals surface area contributed by atoms with Gasteiger partial charge < -0.3 is 4.57 Å². The van der Waals surface area contributed by atoms with Gasteiger partial charge in [0, 0.05) is 23.4 Å². The fourth-order valence-corrected chi connectivity index (χ4v) is 3.82. The van der Waals surface area contributed by atoms with E-state index >= 15 is 0 Å². The Labute approximate surface area is 152 Å². The van der Waals surface area contributed by atoms with E-state index in [9.17, 15) is 0 Å². The van der Waals surface area contributed by atoms with Crippen molar-refractivity contribution in [3.05, 3.63) is 84.6 Å². The molecule has 0 aliphatic rings. The van der Waals surface area contributed by atoms with Crippen molar-refractivity contribution in [2.45, 2.75) is 6.92 Å². The lowest BCUT2D eigenvalue weighted by atomic mass is 10.1. The molecule has 0 radical (unpaired) electrons. The van der Waals surface area contributed by atoms with Crippen LogP contribution in [0.2, 0.25) is 0 Å². The fourth-order valence-electron chi connectivity index (χ4n) is 3.82. The standard InChI is InChI=1S/C23H19N3/c1-16-23(22(24-25(16)2)17-10-4-3-5-11-17)26-20-14-8-6-12-18(20)19-13-7-9-15-21(19)26/h3-15H,1-2H3. The summed E-state index contributed by atoms with van der Waals surface area (Å²) >= 11 is 0. The molecular weight excluding hydrogens is 318 g/mol. The molecule has 0 unspecified atom stereocenters. The molecule has 3 aromatic carbocycles. The number of aromatic nitrogens is 3. The molecule has 0 bridgehead atoms. The molecule has 3 heteroatoms. The predicted octanol–water partition coefficient (Wildman–Crippen LogP) is 5.49. The summed E-state index contributed by atoms with van der Waals surface area (Å²) in [5.74, 6) is 0. The van der Waals surface area contributed by atoms with Crippen molar-refractivity contribution in [3.8, 4) is 16.9 Å². The van der Waals surface area contributed by atoms with Crippen LogP contribution in [0.4, 0.5) is 0 Å². The van der Waals surface area contributed by atoms with Crippen LogP contribution in [0.25, 0.3) is 38.8 Å². The molecule has 3 nitrogen and oxygen atoms in total. The maximum absolute atomic E-state index is 4.85. The molecule has 0 aliphatic carbocycles. The zero-order chi connectivity index (χ0) is 17.7. The van der Waals surface area contributed by atoms with Crippen molar-refractivity contribution in [3.63, 3.8) is 0 Å². The molecule has 2 heterocycles. The van der Waals surface area contributed by atoms with E-state index in [1.807, 2.05) is 17.8 Å². The van der Waals surface area contributed by atoms with Crippen LogP contribution in [-0.2, 0) is 7.05 Å². The number of para-hydroxylation sites is 2. The van der Waals surface area contributed by atoms with Crippen molar-refractivity contribution in [1.29, 1.82) is 0 Å². The smallest absolute Gasteiger partial charge is 0.117 e. The molecule has 5 rings (SSSR count). The summed E-state index contributed by atoms with van der Waals surface area (Å²) in [6, 6.07) is 27.6. The highest BCUT2D eigenvalue weighted by Gasteiger charge is 2.20. The van der Waals surface area contributed by atoms with E-state index in [1.54, 1.807) is 0 Å². The van der Waals surface area contributed by atoms with Gasteiger partial charge in [-0.1, -0.05) is 66.7 Å². The zero-order valence-corrected chi connectivity index (χ0v) is 14.8. The average molecular weight is 337 g/mol. The van der Waals surface area contributed by atoms with E-state index < -0.39 is 0 Å². The van der Waals surface area contributed by atoms with Gasteiger partial charge in [-0.2, -0.15) is 5.10 Å². The Morgan fingerprint density at radius 1 is 0.692 bits per heavy atom. The Morgan fingerprint density at radius 2 is 1.23 bits per heavy atom. The summed E-state index contributed by atoms with van der Waals surface area (Å²) in [4.78, 5) is 0. The van der Waals surface area contributed by atoms with Gasteiger partial charge in [0.2, 0.25) is 0 Å². The zero-order valence-electron chi connectivity index (χ0n) is 14.8. The highest BCUT2D eigenvalue weighted by atomic mass is 15.3. The van der Waals surface area contributed by atoms with Crippen molar-refractivity contribution < 1.29 is 0 Å². The fraction of sp³-hybridized carbons (Fsp3) is 0.0870. The maximum Gasteiger partial charge on any atom is 0.117 e. The first-order valence-corrected chi connectivity index (χ1v) is 8.83. The first-order valence-electron chi connectivity index (χ1n) is 8.83. The number of hydrogen-bond donors (Lipinski definition) is 0. The third-order valence-corrected chi connectivity index (χ3v) is 5.15. The molecule has 0 spiro atoms. The molecule has 126 valence electrons. The Kier molecular flexibility index (Phi) is 3.22. The number of hydrogen-bond acceptors (Lipinski definition) is 1. The van der Waals surface area contributed by atoms with Crippen LogP contribution in [0, 0.1) is 6.92 Å². The van der Waals surface area contributed by atoms with Gasteiger partial charge in [-0.25, -0.2) is 0 Å². The van der Waals surface area contributed by atoms with Crippen LogP contribution in [0.15, 0.2) is 78.9 Å². The monoisotopic (exact) mass is 337 g/mol. The van der Waals surface area contributed by atoms with Gasteiger partial charge >= 0.3 is 0 Å². The number of rotatable bonds is 2. The average Bonchev–Trinajstić information content (AvgIpc) is 3.17. The largest absolute Gasteiger partial charge is 0.305 e. The van der Waals surface area contributed by atoms with Crippen molar-refractivity contribution in [2.75, 3.05) is 0 Å². The van der Waals surface area contributed by atoms with E-state index in [4.69, 9.17) is 5.10 Å². The van der Waals surface area contributed by atoms with E-state index in [-0.39, 0.29) is 0 Å². The lowest BCUT2D eigenvalue weighted by Gasteiger charge is -2.10. The highest BCUT2D eigenvalue weighted by molar-refractivity contribution is 6.09. The van der Waals surface area contributed by atoms with Gasteiger partial charge in [-0.3, -0.25) is 4.68 Å². The third kappa shape index (κ3) is 2.04. The first-order chi connectivity index (χ1) is 12.8. The predicted molar refractivity (Wildman–Crippen MR) is 108 cm³/mol. The summed E-state index contributed by atoms with van der Waals surface area (Å²) < 4.78 is 4.33. The van der Waals surface area contributed by atoms with Crippen LogP contribution >= 0.6 is 0 Å². The lowest BCUT2D eigenvalue weighted by molar-refractivity contribution is 0.741. The second-order valence-electron chi connectivity index (χ2n) is 6.64. The van der Waals surface area contributed by atoms with E-state index in [2.05, 4.69) is 84.3 Å². The minimum atomic E-state index is 1.01. The molecule has 0 N–H and O–H groups in total. The number of aryl methyl sites for hydroxylation is 1. The molecule has 0 atom stereocenters. The normalized spacial score (nSPS) is 11.5. The van der Waals surface area contributed by atoms with Crippen molar-refractivity contribution in [2.24, 2.45) is 7.05 Å². The van der Waals surface area contributed by atoms with Crippen LogP contribution in [-0.4, -0.2) is 14.3 Å². The molecular formula is C23H19N3. The quantitative estimate of drug-likeness (QED) is 0.417. The minimum absolute atomic E-state index is 1.01. The second-order valence-corrected chi connectivity index (χ2v) is 6.64. The Bertz CT molecular complexity index is 1190. The van der Waals surface area contributed by atoms with Crippen molar-refractivity contribution in [1.82, 2.24) is 14.3 Å². The van der Waals surface area contributed by atoms with E-state index in [0.717, 1.165) is 22.6 Å². The number of benzene rings is 3. The Morgan fingerprint density at radius 3 is 1.85 bits per heavy atom. The van der Waals surface area contributed by atoms with Crippen LogP contribution in [0.1, 0.15) is 5.69 Å². The van der Waals surface area contributed by atoms with Crippen LogP contribution < -0.4 is 0 Å². The molecule has 26 heavy (non-hydrogen) atoms. The van der Waals surface area contributed by atoms with E-state index in [1.165, 1.54) is 21.8 Å². The SMILES string of the molecule is Cc1c(-n2c3ccccc3c3ccccc32)c(-c2ccccc2)nn1C. The maximum atomic E-state index is 4.85. The van der Waals surface area contributed by atoms with Gasteiger partial charge in [-0.15, -0.1) is 0 Å². The second kappa shape index (κ2) is 5.60. The summed E-state index contributed by atoms with van der Waals surface area (Å²) in [6.07, 6.45) is 0. The van der Waals surface area contributed by atoms with E-state index in [0.29, 0.717) is 0 Å². The van der Waals surface area contributed by atoms with Gasteiger partial charge in [-0.05, 0) is 19.1 Å². The lowest BCUT2D eigenvalue weighted by Crippen LogP contribution is -1.98. The molecule has 0 saturated heterocycles. The number of nitrogens with zero attached hydrogens (tertiary/aromatic N) is 3. The van der Waals surface area contributed by atoms with Crippen LogP contribution in [0.5, 0.6) is 0 Å². The highest BCUT2D eigenvalue weighted by Crippen LogP contribution is 2.36. The van der Waals surface area contributed by atoms with Crippen molar-refractivity contribution >= 4 is 21.8 Å². The third-order valence-electron chi connectivity index (χ3n) is 5.15. The molecule has 0 fully saturated rings. The Hall–Kier alpha value is -3.33. The van der Waals surface area contributed by atoms with Crippen LogP contribution in [0.3, 0.4) is 0 Å². The van der Waals surface area contributed by atoms with Gasteiger partial charge in [0.05, 0.1) is 22.4 Å².